The number of rotatable bonds is 4. The molecule has 0 bridgehead atoms. The molecular weight excluding hydrogens is 261 g/mol. The molecule has 110 valence electrons. The zero-order chi connectivity index (χ0) is 14.7. The van der Waals surface area contributed by atoms with E-state index in [9.17, 15) is 4.39 Å². The Bertz CT molecular complexity index is 621. The fourth-order valence-electron chi connectivity index (χ4n) is 3.25. The Morgan fingerprint density at radius 1 is 1.05 bits per heavy atom. The fraction of sp³-hybridized carbons (Fsp3) is 0.368. The van der Waals surface area contributed by atoms with Crippen LogP contribution in [-0.2, 0) is 25.9 Å². The van der Waals surface area contributed by atoms with Gasteiger partial charge in [0.25, 0.3) is 0 Å². The maximum absolute atomic E-state index is 13.8. The lowest BCUT2D eigenvalue weighted by molar-refractivity contribution is 0.241. The topological polar surface area (TPSA) is 3.24 Å². The van der Waals surface area contributed by atoms with Crippen LogP contribution in [0.2, 0.25) is 0 Å². The van der Waals surface area contributed by atoms with Crippen LogP contribution < -0.4 is 0 Å². The summed E-state index contributed by atoms with van der Waals surface area (Å²) in [6.07, 6.45) is 3.44. The minimum absolute atomic E-state index is 0.0944. The average Bonchev–Trinajstić information content (AvgIpc) is 2.50. The van der Waals surface area contributed by atoms with E-state index in [-0.39, 0.29) is 5.82 Å². The lowest BCUT2D eigenvalue weighted by Gasteiger charge is -2.30. The normalized spacial score (nSPS) is 15.0. The minimum Gasteiger partial charge on any atom is -0.294 e. The molecule has 3 rings (SSSR count). The van der Waals surface area contributed by atoms with Crippen LogP contribution in [0.15, 0.2) is 42.5 Å². The standard InChI is InChI=1S/C19H22FN/c1-2-6-15-8-5-9-16-13-21(12-11-18(15)16)14-17-7-3-4-10-19(17)20/h3-5,7-10H,2,6,11-14H2,1H3. The van der Waals surface area contributed by atoms with Crippen molar-refractivity contribution in [2.45, 2.75) is 39.3 Å². The first-order valence-corrected chi connectivity index (χ1v) is 7.83. The molecule has 1 heterocycles. The summed E-state index contributed by atoms with van der Waals surface area (Å²) in [5.41, 5.74) is 5.25. The van der Waals surface area contributed by atoms with Crippen molar-refractivity contribution in [3.63, 3.8) is 0 Å². The highest BCUT2D eigenvalue weighted by atomic mass is 19.1. The van der Waals surface area contributed by atoms with E-state index in [4.69, 9.17) is 0 Å². The van der Waals surface area contributed by atoms with Gasteiger partial charge in [0, 0.05) is 25.2 Å². The van der Waals surface area contributed by atoms with Gasteiger partial charge in [-0.15, -0.1) is 0 Å². The largest absolute Gasteiger partial charge is 0.294 e. The van der Waals surface area contributed by atoms with E-state index in [2.05, 4.69) is 30.0 Å². The molecule has 21 heavy (non-hydrogen) atoms. The number of nitrogens with zero attached hydrogens (tertiary/aromatic N) is 1. The van der Waals surface area contributed by atoms with Gasteiger partial charge in [-0.05, 0) is 35.6 Å². The molecule has 0 fully saturated rings. The van der Waals surface area contributed by atoms with E-state index in [1.54, 1.807) is 12.1 Å². The third kappa shape index (κ3) is 3.16. The lowest BCUT2D eigenvalue weighted by atomic mass is 9.92. The van der Waals surface area contributed by atoms with Gasteiger partial charge in [0.1, 0.15) is 5.82 Å². The second kappa shape index (κ2) is 6.40. The van der Waals surface area contributed by atoms with Crippen molar-refractivity contribution in [1.29, 1.82) is 0 Å². The molecule has 0 aliphatic carbocycles. The molecule has 0 radical (unpaired) electrons. The van der Waals surface area contributed by atoms with Crippen LogP contribution in [0, 0.1) is 5.82 Å². The zero-order valence-corrected chi connectivity index (χ0v) is 12.6. The first-order chi connectivity index (χ1) is 10.3. The number of aryl methyl sites for hydroxylation is 1. The molecule has 0 aromatic heterocycles. The van der Waals surface area contributed by atoms with E-state index < -0.39 is 0 Å². The summed E-state index contributed by atoms with van der Waals surface area (Å²) in [4.78, 5) is 2.34. The summed E-state index contributed by atoms with van der Waals surface area (Å²) < 4.78 is 13.8. The summed E-state index contributed by atoms with van der Waals surface area (Å²) in [6.45, 7) is 4.88. The molecule has 2 aromatic rings. The number of hydrogen-bond donors (Lipinski definition) is 0. The Labute approximate surface area is 126 Å². The van der Waals surface area contributed by atoms with Gasteiger partial charge in [-0.3, -0.25) is 4.90 Å². The predicted octanol–water partition coefficient (Wildman–Crippen LogP) is 4.34. The SMILES string of the molecule is CCCc1cccc2c1CCN(Cc1ccccc1F)C2. The van der Waals surface area contributed by atoms with Gasteiger partial charge in [-0.25, -0.2) is 4.39 Å². The molecule has 0 unspecified atom stereocenters. The Morgan fingerprint density at radius 2 is 1.86 bits per heavy atom. The van der Waals surface area contributed by atoms with Gasteiger partial charge in [-0.2, -0.15) is 0 Å². The van der Waals surface area contributed by atoms with Crippen LogP contribution in [0.1, 0.15) is 35.6 Å². The third-order valence-electron chi connectivity index (χ3n) is 4.31. The van der Waals surface area contributed by atoms with Crippen LogP contribution in [0.5, 0.6) is 0 Å². The Kier molecular flexibility index (Phi) is 4.35. The first kappa shape index (κ1) is 14.3. The molecule has 2 heteroatoms. The van der Waals surface area contributed by atoms with E-state index in [1.807, 2.05) is 12.1 Å². The Morgan fingerprint density at radius 3 is 2.67 bits per heavy atom. The number of hydrogen-bond acceptors (Lipinski definition) is 1. The third-order valence-corrected chi connectivity index (χ3v) is 4.31. The Balaban J connectivity index is 1.76. The maximum atomic E-state index is 13.8. The molecule has 0 atom stereocenters. The summed E-state index contributed by atoms with van der Waals surface area (Å²) in [7, 11) is 0. The highest BCUT2D eigenvalue weighted by molar-refractivity contribution is 5.37. The molecule has 0 saturated carbocycles. The van der Waals surface area contributed by atoms with E-state index in [1.165, 1.54) is 23.1 Å². The lowest BCUT2D eigenvalue weighted by Crippen LogP contribution is -2.31. The maximum Gasteiger partial charge on any atom is 0.127 e. The van der Waals surface area contributed by atoms with Crippen molar-refractivity contribution < 1.29 is 4.39 Å². The summed E-state index contributed by atoms with van der Waals surface area (Å²) in [5.74, 6) is -0.0944. The van der Waals surface area contributed by atoms with Crippen molar-refractivity contribution in [1.82, 2.24) is 4.90 Å². The molecule has 0 spiro atoms. The van der Waals surface area contributed by atoms with Gasteiger partial charge in [-0.1, -0.05) is 49.7 Å². The minimum atomic E-state index is -0.0944. The quantitative estimate of drug-likeness (QED) is 0.807. The predicted molar refractivity (Wildman–Crippen MR) is 84.7 cm³/mol. The monoisotopic (exact) mass is 283 g/mol. The van der Waals surface area contributed by atoms with Crippen molar-refractivity contribution in [2.24, 2.45) is 0 Å². The van der Waals surface area contributed by atoms with E-state index in [0.29, 0.717) is 6.54 Å². The fourth-order valence-corrected chi connectivity index (χ4v) is 3.25. The highest BCUT2D eigenvalue weighted by Gasteiger charge is 2.19. The highest BCUT2D eigenvalue weighted by Crippen LogP contribution is 2.25. The van der Waals surface area contributed by atoms with Gasteiger partial charge in [0.2, 0.25) is 0 Å². The molecule has 0 amide bonds. The second-order valence-electron chi connectivity index (χ2n) is 5.86. The van der Waals surface area contributed by atoms with Gasteiger partial charge >= 0.3 is 0 Å². The second-order valence-corrected chi connectivity index (χ2v) is 5.86. The number of benzene rings is 2. The van der Waals surface area contributed by atoms with E-state index in [0.717, 1.165) is 31.5 Å². The van der Waals surface area contributed by atoms with Crippen molar-refractivity contribution in [3.05, 3.63) is 70.5 Å². The molecule has 2 aromatic carbocycles. The van der Waals surface area contributed by atoms with Crippen molar-refractivity contribution >= 4 is 0 Å². The molecule has 0 saturated heterocycles. The summed E-state index contributed by atoms with van der Waals surface area (Å²) >= 11 is 0. The van der Waals surface area contributed by atoms with Crippen molar-refractivity contribution in [2.75, 3.05) is 6.54 Å². The van der Waals surface area contributed by atoms with Crippen LogP contribution in [-0.4, -0.2) is 11.4 Å². The summed E-state index contributed by atoms with van der Waals surface area (Å²) in [5, 5.41) is 0. The molecule has 0 N–H and O–H groups in total. The molecular formula is C19H22FN. The molecule has 1 nitrogen and oxygen atoms in total. The van der Waals surface area contributed by atoms with Crippen LogP contribution in [0.4, 0.5) is 4.39 Å². The van der Waals surface area contributed by atoms with Gasteiger partial charge in [0.05, 0.1) is 0 Å². The summed E-state index contributed by atoms with van der Waals surface area (Å²) in [6, 6.07) is 13.7. The number of fused-ring (bicyclic) bond motifs is 1. The van der Waals surface area contributed by atoms with Crippen molar-refractivity contribution in [3.8, 4) is 0 Å². The number of halogens is 1. The first-order valence-electron chi connectivity index (χ1n) is 7.83. The molecule has 1 aliphatic rings. The van der Waals surface area contributed by atoms with Crippen LogP contribution in [0.25, 0.3) is 0 Å². The van der Waals surface area contributed by atoms with Gasteiger partial charge in [0.15, 0.2) is 0 Å². The van der Waals surface area contributed by atoms with Gasteiger partial charge < -0.3 is 0 Å². The Hall–Kier alpha value is -1.67. The van der Waals surface area contributed by atoms with E-state index >= 15 is 0 Å². The smallest absolute Gasteiger partial charge is 0.127 e. The van der Waals surface area contributed by atoms with Crippen LogP contribution >= 0.6 is 0 Å². The zero-order valence-electron chi connectivity index (χ0n) is 12.6. The molecule has 1 aliphatic heterocycles. The van der Waals surface area contributed by atoms with Crippen LogP contribution in [0.3, 0.4) is 0 Å². The average molecular weight is 283 g/mol.